The van der Waals surface area contributed by atoms with E-state index in [1.807, 2.05) is 0 Å². The van der Waals surface area contributed by atoms with Gasteiger partial charge < -0.3 is 14.6 Å². The Labute approximate surface area is 116 Å². The predicted molar refractivity (Wildman–Crippen MR) is 75.0 cm³/mol. The van der Waals surface area contributed by atoms with Crippen LogP contribution in [0.3, 0.4) is 0 Å². The summed E-state index contributed by atoms with van der Waals surface area (Å²) in [4.78, 5) is 4.44. The molecule has 0 saturated heterocycles. The molecule has 1 N–H and O–H groups in total. The van der Waals surface area contributed by atoms with Gasteiger partial charge in [-0.15, -0.1) is 0 Å². The molecular formula is C14H27N3O2. The van der Waals surface area contributed by atoms with E-state index in [0.717, 1.165) is 32.4 Å². The lowest BCUT2D eigenvalue weighted by Gasteiger charge is -2.20. The van der Waals surface area contributed by atoms with Crippen LogP contribution in [-0.4, -0.2) is 29.3 Å². The van der Waals surface area contributed by atoms with E-state index in [4.69, 9.17) is 9.26 Å². The minimum absolute atomic E-state index is 0.263. The van der Waals surface area contributed by atoms with Crippen LogP contribution in [0.25, 0.3) is 0 Å². The summed E-state index contributed by atoms with van der Waals surface area (Å²) < 4.78 is 10.8. The van der Waals surface area contributed by atoms with E-state index in [1.165, 1.54) is 0 Å². The number of hydrogen-bond donors (Lipinski definition) is 1. The fourth-order valence-corrected chi connectivity index (χ4v) is 2.04. The zero-order valence-corrected chi connectivity index (χ0v) is 12.6. The SMILES string of the molecule is CCCNC(C)C(CC)c1nc(COCCC)no1. The average Bonchev–Trinajstić information content (AvgIpc) is 2.86. The molecule has 0 aromatic carbocycles. The highest BCUT2D eigenvalue weighted by Crippen LogP contribution is 2.21. The van der Waals surface area contributed by atoms with Crippen molar-refractivity contribution in [3.63, 3.8) is 0 Å². The Kier molecular flexibility index (Phi) is 7.67. The number of aromatic nitrogens is 2. The van der Waals surface area contributed by atoms with Crippen LogP contribution in [0.1, 0.15) is 64.6 Å². The van der Waals surface area contributed by atoms with Gasteiger partial charge in [0.15, 0.2) is 5.82 Å². The molecule has 1 aromatic rings. The lowest BCUT2D eigenvalue weighted by molar-refractivity contribution is 0.114. The highest BCUT2D eigenvalue weighted by Gasteiger charge is 2.23. The zero-order valence-electron chi connectivity index (χ0n) is 12.6. The summed E-state index contributed by atoms with van der Waals surface area (Å²) in [6.45, 7) is 10.7. The van der Waals surface area contributed by atoms with Crippen molar-refractivity contribution >= 4 is 0 Å². The van der Waals surface area contributed by atoms with Gasteiger partial charge in [-0.1, -0.05) is 25.9 Å². The monoisotopic (exact) mass is 269 g/mol. The average molecular weight is 269 g/mol. The van der Waals surface area contributed by atoms with Crippen LogP contribution in [-0.2, 0) is 11.3 Å². The molecule has 0 fully saturated rings. The predicted octanol–water partition coefficient (Wildman–Crippen LogP) is 2.88. The number of hydrogen-bond acceptors (Lipinski definition) is 5. The van der Waals surface area contributed by atoms with E-state index in [1.54, 1.807) is 0 Å². The van der Waals surface area contributed by atoms with E-state index in [9.17, 15) is 0 Å². The molecule has 5 heteroatoms. The highest BCUT2D eigenvalue weighted by molar-refractivity contribution is 4.97. The van der Waals surface area contributed by atoms with Crippen LogP contribution in [0.4, 0.5) is 0 Å². The Bertz CT molecular complexity index is 341. The summed E-state index contributed by atoms with van der Waals surface area (Å²) in [5.74, 6) is 1.62. The largest absolute Gasteiger partial charge is 0.373 e. The van der Waals surface area contributed by atoms with Crippen LogP contribution in [0.2, 0.25) is 0 Å². The third kappa shape index (κ3) is 5.28. The van der Waals surface area contributed by atoms with Crippen molar-refractivity contribution in [1.29, 1.82) is 0 Å². The van der Waals surface area contributed by atoms with Crippen molar-refractivity contribution in [2.75, 3.05) is 13.2 Å². The minimum Gasteiger partial charge on any atom is -0.373 e. The Balaban J connectivity index is 2.55. The fourth-order valence-electron chi connectivity index (χ4n) is 2.04. The number of nitrogens with zero attached hydrogens (tertiary/aromatic N) is 2. The smallest absolute Gasteiger partial charge is 0.231 e. The van der Waals surface area contributed by atoms with Gasteiger partial charge in [-0.25, -0.2) is 0 Å². The van der Waals surface area contributed by atoms with Gasteiger partial charge in [0.1, 0.15) is 6.61 Å². The van der Waals surface area contributed by atoms with Gasteiger partial charge in [-0.05, 0) is 32.7 Å². The zero-order chi connectivity index (χ0) is 14.1. The topological polar surface area (TPSA) is 60.2 Å². The van der Waals surface area contributed by atoms with Gasteiger partial charge in [0, 0.05) is 12.6 Å². The molecule has 110 valence electrons. The van der Waals surface area contributed by atoms with E-state index in [0.29, 0.717) is 24.4 Å². The quantitative estimate of drug-likeness (QED) is 0.662. The molecule has 0 amide bonds. The molecule has 1 heterocycles. The van der Waals surface area contributed by atoms with E-state index in [2.05, 4.69) is 43.2 Å². The number of nitrogens with one attached hydrogen (secondary N) is 1. The van der Waals surface area contributed by atoms with Gasteiger partial charge in [-0.3, -0.25) is 0 Å². The molecule has 0 saturated carbocycles. The third-order valence-electron chi connectivity index (χ3n) is 3.14. The van der Waals surface area contributed by atoms with Gasteiger partial charge >= 0.3 is 0 Å². The fraction of sp³-hybridized carbons (Fsp3) is 0.857. The molecule has 5 nitrogen and oxygen atoms in total. The Hall–Kier alpha value is -0.940. The summed E-state index contributed by atoms with van der Waals surface area (Å²) in [5, 5.41) is 7.46. The molecule has 19 heavy (non-hydrogen) atoms. The number of rotatable bonds is 10. The lowest BCUT2D eigenvalue weighted by Crippen LogP contribution is -2.32. The Morgan fingerprint density at radius 3 is 2.68 bits per heavy atom. The standard InChI is InChI=1S/C14H27N3O2/c1-5-8-15-11(4)12(7-3)14-16-13(17-19-14)10-18-9-6-2/h11-12,15H,5-10H2,1-4H3. The first-order valence-electron chi connectivity index (χ1n) is 7.36. The molecule has 0 aliphatic rings. The second-order valence-corrected chi connectivity index (χ2v) is 4.86. The summed E-state index contributed by atoms with van der Waals surface area (Å²) in [7, 11) is 0. The molecule has 0 radical (unpaired) electrons. The van der Waals surface area contributed by atoms with Crippen molar-refractivity contribution < 1.29 is 9.26 Å². The molecule has 1 aromatic heterocycles. The molecule has 2 unspecified atom stereocenters. The van der Waals surface area contributed by atoms with Crippen LogP contribution >= 0.6 is 0 Å². The van der Waals surface area contributed by atoms with Crippen LogP contribution in [0, 0.1) is 0 Å². The van der Waals surface area contributed by atoms with Crippen molar-refractivity contribution in [1.82, 2.24) is 15.5 Å². The van der Waals surface area contributed by atoms with Gasteiger partial charge in [0.05, 0.1) is 5.92 Å². The molecule has 1 rings (SSSR count). The second-order valence-electron chi connectivity index (χ2n) is 4.86. The maximum atomic E-state index is 5.42. The van der Waals surface area contributed by atoms with E-state index >= 15 is 0 Å². The van der Waals surface area contributed by atoms with Gasteiger partial charge in [0.25, 0.3) is 0 Å². The maximum Gasteiger partial charge on any atom is 0.231 e. The highest BCUT2D eigenvalue weighted by atomic mass is 16.5. The first-order chi connectivity index (χ1) is 9.22. The molecule has 0 spiro atoms. The van der Waals surface area contributed by atoms with E-state index in [-0.39, 0.29) is 5.92 Å². The third-order valence-corrected chi connectivity index (χ3v) is 3.14. The minimum atomic E-state index is 0.263. The molecule has 0 aliphatic carbocycles. The van der Waals surface area contributed by atoms with Crippen molar-refractivity contribution in [2.45, 2.75) is 65.5 Å². The first kappa shape index (κ1) is 16.1. The van der Waals surface area contributed by atoms with Gasteiger partial charge in [0.2, 0.25) is 5.89 Å². The molecular weight excluding hydrogens is 242 g/mol. The van der Waals surface area contributed by atoms with E-state index < -0.39 is 0 Å². The van der Waals surface area contributed by atoms with Gasteiger partial charge in [-0.2, -0.15) is 4.98 Å². The second kappa shape index (κ2) is 9.04. The van der Waals surface area contributed by atoms with Crippen molar-refractivity contribution in [3.05, 3.63) is 11.7 Å². The maximum absolute atomic E-state index is 5.42. The summed E-state index contributed by atoms with van der Waals surface area (Å²) in [5.41, 5.74) is 0. The number of ether oxygens (including phenoxy) is 1. The lowest BCUT2D eigenvalue weighted by atomic mass is 9.98. The summed E-state index contributed by atoms with van der Waals surface area (Å²) in [6, 6.07) is 0.342. The Morgan fingerprint density at radius 2 is 2.05 bits per heavy atom. The van der Waals surface area contributed by atoms with Crippen molar-refractivity contribution in [3.8, 4) is 0 Å². The van der Waals surface area contributed by atoms with Crippen LogP contribution < -0.4 is 5.32 Å². The van der Waals surface area contributed by atoms with Crippen molar-refractivity contribution in [2.24, 2.45) is 0 Å². The summed E-state index contributed by atoms with van der Waals surface area (Å²) in [6.07, 6.45) is 3.11. The molecule has 0 bridgehead atoms. The summed E-state index contributed by atoms with van der Waals surface area (Å²) >= 11 is 0. The first-order valence-corrected chi connectivity index (χ1v) is 7.36. The molecule has 2 atom stereocenters. The Morgan fingerprint density at radius 1 is 1.26 bits per heavy atom. The van der Waals surface area contributed by atoms with Crippen LogP contribution in [0.15, 0.2) is 4.52 Å². The normalized spacial score (nSPS) is 14.5. The van der Waals surface area contributed by atoms with Crippen LogP contribution in [0.5, 0.6) is 0 Å². The molecule has 0 aliphatic heterocycles.